The van der Waals surface area contributed by atoms with Crippen LogP contribution in [0.2, 0.25) is 0 Å². The largest absolute Gasteiger partial charge is 0.336 e. The Bertz CT molecular complexity index is 674. The van der Waals surface area contributed by atoms with Gasteiger partial charge in [0, 0.05) is 31.2 Å². The molecule has 2 fully saturated rings. The lowest BCUT2D eigenvalue weighted by Gasteiger charge is -2.37. The maximum absolute atomic E-state index is 12.6. The third kappa shape index (κ3) is 2.88. The molecule has 0 radical (unpaired) electrons. The molecule has 2 aliphatic heterocycles. The molecule has 0 aliphatic carbocycles. The number of benzene rings is 1. The summed E-state index contributed by atoms with van der Waals surface area (Å²) in [6.45, 7) is 3.48. The molecule has 6 nitrogen and oxygen atoms in total. The van der Waals surface area contributed by atoms with Crippen LogP contribution in [0.4, 0.5) is 0 Å². The van der Waals surface area contributed by atoms with E-state index in [1.54, 1.807) is 12.1 Å². The molecule has 0 aromatic heterocycles. The van der Waals surface area contributed by atoms with E-state index in [2.05, 4.69) is 9.62 Å². The zero-order valence-corrected chi connectivity index (χ0v) is 13.5. The quantitative estimate of drug-likeness (QED) is 0.880. The molecule has 2 saturated heterocycles. The lowest BCUT2D eigenvalue weighted by Crippen LogP contribution is -2.52. The van der Waals surface area contributed by atoms with Gasteiger partial charge < -0.3 is 4.90 Å². The molecular formula is C15H21N3O3S. The average molecular weight is 323 g/mol. The highest BCUT2D eigenvalue weighted by Crippen LogP contribution is 2.23. The van der Waals surface area contributed by atoms with E-state index in [4.69, 9.17) is 0 Å². The van der Waals surface area contributed by atoms with Gasteiger partial charge in [0.25, 0.3) is 5.91 Å². The second-order valence-electron chi connectivity index (χ2n) is 5.82. The van der Waals surface area contributed by atoms with E-state index in [0.29, 0.717) is 18.2 Å². The van der Waals surface area contributed by atoms with Crippen LogP contribution in [-0.2, 0) is 10.0 Å². The highest BCUT2D eigenvalue weighted by atomic mass is 32.2. The molecule has 0 bridgehead atoms. The molecule has 0 saturated carbocycles. The van der Waals surface area contributed by atoms with Crippen molar-refractivity contribution in [1.29, 1.82) is 0 Å². The molecule has 1 atom stereocenters. The van der Waals surface area contributed by atoms with Gasteiger partial charge in [-0.2, -0.15) is 0 Å². The number of carbonyl (C=O) groups excluding carboxylic acids is 1. The molecule has 120 valence electrons. The first-order valence-electron chi connectivity index (χ1n) is 7.58. The maximum atomic E-state index is 12.6. The minimum Gasteiger partial charge on any atom is -0.336 e. The number of hydrogen-bond acceptors (Lipinski definition) is 4. The van der Waals surface area contributed by atoms with Crippen LogP contribution in [0.1, 0.15) is 23.2 Å². The van der Waals surface area contributed by atoms with Gasteiger partial charge in [0.1, 0.15) is 0 Å². The van der Waals surface area contributed by atoms with Crippen molar-refractivity contribution in [1.82, 2.24) is 14.5 Å². The van der Waals surface area contributed by atoms with E-state index in [1.165, 1.54) is 25.6 Å². The normalized spacial score (nSPS) is 22.6. The number of fused-ring (bicyclic) bond motifs is 1. The Labute approximate surface area is 131 Å². The minimum atomic E-state index is -3.53. The van der Waals surface area contributed by atoms with E-state index < -0.39 is 10.0 Å². The molecule has 1 aromatic carbocycles. The van der Waals surface area contributed by atoms with E-state index in [9.17, 15) is 13.2 Å². The van der Waals surface area contributed by atoms with Gasteiger partial charge >= 0.3 is 0 Å². The Morgan fingerprint density at radius 3 is 2.86 bits per heavy atom. The zero-order chi connectivity index (χ0) is 15.7. The molecule has 1 amide bonds. The summed E-state index contributed by atoms with van der Waals surface area (Å²) in [4.78, 5) is 17.1. The summed E-state index contributed by atoms with van der Waals surface area (Å²) < 4.78 is 26.0. The molecular weight excluding hydrogens is 302 g/mol. The van der Waals surface area contributed by atoms with Crippen molar-refractivity contribution >= 4 is 15.9 Å². The Balaban J connectivity index is 1.79. The first kappa shape index (κ1) is 15.5. The number of rotatable bonds is 3. The fourth-order valence-electron chi connectivity index (χ4n) is 3.27. The van der Waals surface area contributed by atoms with Crippen LogP contribution in [-0.4, -0.2) is 63.4 Å². The van der Waals surface area contributed by atoms with Crippen LogP contribution in [0.15, 0.2) is 29.2 Å². The van der Waals surface area contributed by atoms with Gasteiger partial charge in [0.2, 0.25) is 10.0 Å². The summed E-state index contributed by atoms with van der Waals surface area (Å²) in [5.74, 6) is -0.0836. The molecule has 1 unspecified atom stereocenters. The van der Waals surface area contributed by atoms with E-state index in [1.807, 2.05) is 4.90 Å². The molecule has 1 N–H and O–H groups in total. The average Bonchev–Trinajstić information content (AvgIpc) is 3.01. The topological polar surface area (TPSA) is 69.7 Å². The SMILES string of the molecule is CNS(=O)(=O)c1cccc(C(=O)N2CCN3CCCC3C2)c1. The van der Waals surface area contributed by atoms with Gasteiger partial charge in [-0.05, 0) is 44.6 Å². The number of hydrogen-bond donors (Lipinski definition) is 1. The van der Waals surface area contributed by atoms with Gasteiger partial charge in [-0.3, -0.25) is 9.69 Å². The van der Waals surface area contributed by atoms with Crippen LogP contribution in [0.3, 0.4) is 0 Å². The first-order valence-corrected chi connectivity index (χ1v) is 9.06. The number of sulfonamides is 1. The molecule has 7 heteroatoms. The van der Waals surface area contributed by atoms with E-state index >= 15 is 0 Å². The number of nitrogens with zero attached hydrogens (tertiary/aromatic N) is 2. The summed E-state index contributed by atoms with van der Waals surface area (Å²) in [5.41, 5.74) is 0.433. The standard InChI is InChI=1S/C15H21N3O3S/c1-16-22(20,21)14-6-2-4-12(10-14)15(19)18-9-8-17-7-3-5-13(17)11-18/h2,4,6,10,13,16H,3,5,7-9,11H2,1H3. The predicted octanol–water partition coefficient (Wildman–Crippen LogP) is 0.515. The van der Waals surface area contributed by atoms with Crippen LogP contribution in [0.5, 0.6) is 0 Å². The van der Waals surface area contributed by atoms with Gasteiger partial charge in [-0.25, -0.2) is 13.1 Å². The lowest BCUT2D eigenvalue weighted by molar-refractivity contribution is 0.0571. The third-order valence-electron chi connectivity index (χ3n) is 4.53. The number of piperazine rings is 1. The highest BCUT2D eigenvalue weighted by molar-refractivity contribution is 7.89. The Hall–Kier alpha value is -1.44. The monoisotopic (exact) mass is 323 g/mol. The fourth-order valence-corrected chi connectivity index (χ4v) is 4.05. The van der Waals surface area contributed by atoms with Crippen molar-refractivity contribution in [2.75, 3.05) is 33.2 Å². The molecule has 2 aliphatic rings. The lowest BCUT2D eigenvalue weighted by atomic mass is 10.1. The van der Waals surface area contributed by atoms with Crippen LogP contribution < -0.4 is 4.72 Å². The van der Waals surface area contributed by atoms with Gasteiger partial charge in [0.05, 0.1) is 4.90 Å². The van der Waals surface area contributed by atoms with Crippen molar-refractivity contribution in [3.8, 4) is 0 Å². The van der Waals surface area contributed by atoms with Crippen molar-refractivity contribution in [3.63, 3.8) is 0 Å². The predicted molar refractivity (Wildman–Crippen MR) is 83.2 cm³/mol. The van der Waals surface area contributed by atoms with Gasteiger partial charge in [-0.1, -0.05) is 6.07 Å². The minimum absolute atomic E-state index is 0.0836. The molecule has 1 aromatic rings. The first-order chi connectivity index (χ1) is 10.5. The van der Waals surface area contributed by atoms with Crippen molar-refractivity contribution in [2.24, 2.45) is 0 Å². The summed E-state index contributed by atoms with van der Waals surface area (Å²) in [7, 11) is -2.16. The summed E-state index contributed by atoms with van der Waals surface area (Å²) in [6.07, 6.45) is 2.33. The Morgan fingerprint density at radius 1 is 1.27 bits per heavy atom. The molecule has 3 rings (SSSR count). The second kappa shape index (κ2) is 5.98. The Morgan fingerprint density at radius 2 is 2.09 bits per heavy atom. The van der Waals surface area contributed by atoms with Crippen molar-refractivity contribution in [3.05, 3.63) is 29.8 Å². The number of nitrogens with one attached hydrogen (secondary N) is 1. The van der Waals surface area contributed by atoms with Gasteiger partial charge in [0.15, 0.2) is 0 Å². The second-order valence-corrected chi connectivity index (χ2v) is 7.71. The summed E-state index contributed by atoms with van der Waals surface area (Å²) in [5, 5.41) is 0. The highest BCUT2D eigenvalue weighted by Gasteiger charge is 2.32. The molecule has 0 spiro atoms. The van der Waals surface area contributed by atoms with E-state index in [-0.39, 0.29) is 10.8 Å². The van der Waals surface area contributed by atoms with Crippen molar-refractivity contribution < 1.29 is 13.2 Å². The third-order valence-corrected chi connectivity index (χ3v) is 5.95. The Kier molecular flexibility index (Phi) is 4.20. The number of amides is 1. The van der Waals surface area contributed by atoms with E-state index in [0.717, 1.165) is 26.1 Å². The number of carbonyl (C=O) groups is 1. The van der Waals surface area contributed by atoms with Crippen LogP contribution >= 0.6 is 0 Å². The van der Waals surface area contributed by atoms with Crippen LogP contribution in [0, 0.1) is 0 Å². The van der Waals surface area contributed by atoms with Gasteiger partial charge in [-0.15, -0.1) is 0 Å². The maximum Gasteiger partial charge on any atom is 0.253 e. The summed E-state index contributed by atoms with van der Waals surface area (Å²) in [6, 6.07) is 6.70. The molecule has 22 heavy (non-hydrogen) atoms. The van der Waals surface area contributed by atoms with Crippen LogP contribution in [0.25, 0.3) is 0 Å². The zero-order valence-electron chi connectivity index (χ0n) is 12.7. The molecule has 2 heterocycles. The summed E-state index contributed by atoms with van der Waals surface area (Å²) >= 11 is 0. The smallest absolute Gasteiger partial charge is 0.253 e. The fraction of sp³-hybridized carbons (Fsp3) is 0.533. The van der Waals surface area contributed by atoms with Crippen molar-refractivity contribution in [2.45, 2.75) is 23.8 Å².